The van der Waals surface area contributed by atoms with Gasteiger partial charge in [-0.3, -0.25) is 0 Å². The van der Waals surface area contributed by atoms with Gasteiger partial charge in [0.1, 0.15) is 0 Å². The van der Waals surface area contributed by atoms with Gasteiger partial charge >= 0.3 is 0 Å². The summed E-state index contributed by atoms with van der Waals surface area (Å²) in [5.74, 6) is 0.852. The molecule has 1 rings (SSSR count). The van der Waals surface area contributed by atoms with Crippen molar-refractivity contribution in [2.45, 2.75) is 25.9 Å². The Morgan fingerprint density at radius 3 is 2.33 bits per heavy atom. The van der Waals surface area contributed by atoms with Crippen LogP contribution in [-0.4, -0.2) is 22.9 Å². The summed E-state index contributed by atoms with van der Waals surface area (Å²) in [4.78, 5) is 0. The summed E-state index contributed by atoms with van der Waals surface area (Å²) < 4.78 is 0. The van der Waals surface area contributed by atoms with E-state index in [1.54, 1.807) is 0 Å². The second-order valence-corrected chi connectivity index (χ2v) is 3.05. The summed E-state index contributed by atoms with van der Waals surface area (Å²) in [6, 6.07) is 0. The highest BCUT2D eigenvalue weighted by atomic mass is 16.3. The van der Waals surface area contributed by atoms with E-state index in [1.807, 2.05) is 0 Å². The zero-order valence-electron chi connectivity index (χ0n) is 5.75. The third-order valence-electron chi connectivity index (χ3n) is 2.26. The van der Waals surface area contributed by atoms with E-state index in [2.05, 4.69) is 6.92 Å². The van der Waals surface area contributed by atoms with E-state index in [4.69, 9.17) is 10.2 Å². The molecule has 1 fully saturated rings. The van der Waals surface area contributed by atoms with E-state index in [0.717, 1.165) is 12.8 Å². The van der Waals surface area contributed by atoms with Gasteiger partial charge in [-0.25, -0.2) is 0 Å². The normalized spacial score (nSPS) is 43.7. The molecule has 0 saturated heterocycles. The molecule has 0 aromatic rings. The van der Waals surface area contributed by atoms with Crippen LogP contribution >= 0.6 is 0 Å². The highest BCUT2D eigenvalue weighted by Gasteiger charge is 2.28. The second-order valence-electron chi connectivity index (χ2n) is 3.05. The molecule has 0 aliphatic heterocycles. The lowest BCUT2D eigenvalue weighted by Gasteiger charge is -2.08. The Morgan fingerprint density at radius 2 is 2.11 bits per heavy atom. The average Bonchev–Trinajstić information content (AvgIpc) is 2.10. The van der Waals surface area contributed by atoms with Crippen LogP contribution in [0.5, 0.6) is 0 Å². The summed E-state index contributed by atoms with van der Waals surface area (Å²) in [6.07, 6.45) is 1.50. The Kier molecular flexibility index (Phi) is 2.09. The SMILES string of the molecule is C[C@H]1C[C@@H](O)C[C@@H]1CO. The van der Waals surface area contributed by atoms with E-state index < -0.39 is 0 Å². The number of rotatable bonds is 1. The van der Waals surface area contributed by atoms with Crippen molar-refractivity contribution in [1.29, 1.82) is 0 Å². The maximum absolute atomic E-state index is 9.09. The minimum atomic E-state index is -0.155. The number of aliphatic hydroxyl groups is 2. The minimum Gasteiger partial charge on any atom is -0.396 e. The van der Waals surface area contributed by atoms with Gasteiger partial charge in [0.05, 0.1) is 6.10 Å². The molecule has 54 valence electrons. The third-order valence-corrected chi connectivity index (χ3v) is 2.26. The van der Waals surface area contributed by atoms with Gasteiger partial charge in [-0.15, -0.1) is 0 Å². The van der Waals surface area contributed by atoms with E-state index in [-0.39, 0.29) is 12.7 Å². The van der Waals surface area contributed by atoms with Crippen LogP contribution in [0.15, 0.2) is 0 Å². The van der Waals surface area contributed by atoms with Crippen molar-refractivity contribution in [2.24, 2.45) is 11.8 Å². The molecule has 0 spiro atoms. The second kappa shape index (κ2) is 2.67. The highest BCUT2D eigenvalue weighted by Crippen LogP contribution is 2.30. The van der Waals surface area contributed by atoms with Crippen molar-refractivity contribution in [3.8, 4) is 0 Å². The average molecular weight is 130 g/mol. The highest BCUT2D eigenvalue weighted by molar-refractivity contribution is 4.79. The molecule has 0 amide bonds. The first-order valence-electron chi connectivity index (χ1n) is 3.53. The quantitative estimate of drug-likeness (QED) is 0.539. The molecule has 0 unspecified atom stereocenters. The topological polar surface area (TPSA) is 40.5 Å². The molecule has 3 atom stereocenters. The summed E-state index contributed by atoms with van der Waals surface area (Å²) in [5.41, 5.74) is 0. The molecular formula is C7H14O2. The molecule has 0 aromatic carbocycles. The maximum Gasteiger partial charge on any atom is 0.0546 e. The maximum atomic E-state index is 9.09. The standard InChI is InChI=1S/C7H14O2/c1-5-2-7(9)3-6(5)4-8/h5-9H,2-4H2,1H3/t5-,6+,7+/m0/s1. The smallest absolute Gasteiger partial charge is 0.0546 e. The predicted octanol–water partition coefficient (Wildman–Crippen LogP) is 0.386. The minimum absolute atomic E-state index is 0.155. The van der Waals surface area contributed by atoms with Gasteiger partial charge in [0, 0.05) is 6.61 Å². The van der Waals surface area contributed by atoms with Gasteiger partial charge in [-0.1, -0.05) is 6.92 Å². The fourth-order valence-corrected chi connectivity index (χ4v) is 1.55. The van der Waals surface area contributed by atoms with Crippen molar-refractivity contribution in [1.82, 2.24) is 0 Å². The number of hydrogen-bond donors (Lipinski definition) is 2. The van der Waals surface area contributed by atoms with E-state index >= 15 is 0 Å². The lowest BCUT2D eigenvalue weighted by atomic mass is 10.00. The molecule has 2 N–H and O–H groups in total. The van der Waals surface area contributed by atoms with Gasteiger partial charge < -0.3 is 10.2 Å². The molecule has 1 aliphatic carbocycles. The molecule has 0 aromatic heterocycles. The van der Waals surface area contributed by atoms with Crippen LogP contribution in [0.4, 0.5) is 0 Å². The fraction of sp³-hybridized carbons (Fsp3) is 1.00. The van der Waals surface area contributed by atoms with Gasteiger partial charge in [0.15, 0.2) is 0 Å². The van der Waals surface area contributed by atoms with Crippen LogP contribution in [0.1, 0.15) is 19.8 Å². The van der Waals surface area contributed by atoms with Crippen LogP contribution in [0.3, 0.4) is 0 Å². The van der Waals surface area contributed by atoms with Gasteiger partial charge in [-0.05, 0) is 24.7 Å². The molecule has 0 bridgehead atoms. The number of hydrogen-bond acceptors (Lipinski definition) is 2. The fourth-order valence-electron chi connectivity index (χ4n) is 1.55. The van der Waals surface area contributed by atoms with Crippen LogP contribution < -0.4 is 0 Å². The van der Waals surface area contributed by atoms with Gasteiger partial charge in [0.25, 0.3) is 0 Å². The van der Waals surface area contributed by atoms with Crippen molar-refractivity contribution in [3.63, 3.8) is 0 Å². The Morgan fingerprint density at radius 1 is 1.44 bits per heavy atom. The van der Waals surface area contributed by atoms with Crippen molar-refractivity contribution < 1.29 is 10.2 Å². The molecule has 2 heteroatoms. The summed E-state index contributed by atoms with van der Waals surface area (Å²) in [5, 5.41) is 17.8. The molecule has 1 saturated carbocycles. The molecule has 2 nitrogen and oxygen atoms in total. The van der Waals surface area contributed by atoms with Crippen molar-refractivity contribution >= 4 is 0 Å². The Labute approximate surface area is 55.5 Å². The Bertz CT molecular complexity index is 92.9. The summed E-state index contributed by atoms with van der Waals surface area (Å²) in [7, 11) is 0. The summed E-state index contributed by atoms with van der Waals surface area (Å²) in [6.45, 7) is 2.31. The third kappa shape index (κ3) is 1.43. The first-order chi connectivity index (χ1) is 4.24. The molecular weight excluding hydrogens is 116 g/mol. The summed E-state index contributed by atoms with van der Waals surface area (Å²) >= 11 is 0. The zero-order valence-corrected chi connectivity index (χ0v) is 5.75. The van der Waals surface area contributed by atoms with Crippen LogP contribution in [0, 0.1) is 11.8 Å². The van der Waals surface area contributed by atoms with Crippen molar-refractivity contribution in [2.75, 3.05) is 6.61 Å². The molecule has 9 heavy (non-hydrogen) atoms. The lowest BCUT2D eigenvalue weighted by Crippen LogP contribution is -2.08. The first kappa shape index (κ1) is 7.03. The van der Waals surface area contributed by atoms with Crippen molar-refractivity contribution in [3.05, 3.63) is 0 Å². The van der Waals surface area contributed by atoms with Gasteiger partial charge in [-0.2, -0.15) is 0 Å². The predicted molar refractivity (Wildman–Crippen MR) is 35.0 cm³/mol. The molecule has 0 heterocycles. The van der Waals surface area contributed by atoms with E-state index in [0.29, 0.717) is 11.8 Å². The number of aliphatic hydroxyl groups excluding tert-OH is 2. The van der Waals surface area contributed by atoms with E-state index in [1.165, 1.54) is 0 Å². The molecule has 0 radical (unpaired) electrons. The van der Waals surface area contributed by atoms with Gasteiger partial charge in [0.2, 0.25) is 0 Å². The Balaban J connectivity index is 2.38. The monoisotopic (exact) mass is 130 g/mol. The largest absolute Gasteiger partial charge is 0.396 e. The van der Waals surface area contributed by atoms with E-state index in [9.17, 15) is 0 Å². The molecule has 1 aliphatic rings. The van der Waals surface area contributed by atoms with Crippen LogP contribution in [-0.2, 0) is 0 Å². The Hall–Kier alpha value is -0.0800. The van der Waals surface area contributed by atoms with Crippen LogP contribution in [0.2, 0.25) is 0 Å². The lowest BCUT2D eigenvalue weighted by molar-refractivity contribution is 0.163. The zero-order chi connectivity index (χ0) is 6.85. The first-order valence-corrected chi connectivity index (χ1v) is 3.53. The van der Waals surface area contributed by atoms with Crippen LogP contribution in [0.25, 0.3) is 0 Å².